The van der Waals surface area contributed by atoms with Gasteiger partial charge in [-0.3, -0.25) is 14.3 Å². The van der Waals surface area contributed by atoms with Crippen LogP contribution in [0.25, 0.3) is 5.69 Å². The average molecular weight is 1160 g/mol. The van der Waals surface area contributed by atoms with Gasteiger partial charge in [0.05, 0.1) is 36.7 Å². The highest BCUT2D eigenvalue weighted by Crippen LogP contribution is 2.41. The molecule has 4 atom stereocenters. The average Bonchev–Trinajstić information content (AvgIpc) is 4.11. The van der Waals surface area contributed by atoms with Crippen LogP contribution in [0.2, 0.25) is 10.0 Å². The number of fused-ring (bicyclic) bond motifs is 2. The topological polar surface area (TPSA) is 187 Å². The second kappa shape index (κ2) is 27.5. The van der Waals surface area contributed by atoms with Crippen molar-refractivity contribution in [3.8, 4) is 17.2 Å². The van der Waals surface area contributed by atoms with Gasteiger partial charge < -0.3 is 30.3 Å². The minimum atomic E-state index is -0.979. The zero-order chi connectivity index (χ0) is 57.9. The number of benzene rings is 5. The lowest BCUT2D eigenvalue weighted by Gasteiger charge is -2.27. The summed E-state index contributed by atoms with van der Waals surface area (Å²) >= 11 is 12.8. The number of rotatable bonds is 16. The fourth-order valence-corrected chi connectivity index (χ4v) is 12.4. The lowest BCUT2D eigenvalue weighted by Crippen LogP contribution is -2.43. The second-order valence-corrected chi connectivity index (χ2v) is 22.4. The summed E-state index contributed by atoms with van der Waals surface area (Å²) in [4.78, 5) is 53.1. The molecule has 14 nitrogen and oxygen atoms in total. The SMILES string of the molecule is COC(=O)[C@@H](Cc1ccc(O)cc1)NC(=O)c1nn(-c2ccc(Cl)cc2Cl)c2c1CCCC[C@H]2Cc1ccc(F)cc1.COC(=O)[C@@H](Cc1ccc(O)cc1)NC(=O)c1nn(C2CCCCC2)c2c1CCCCC2Cc1cccc(F)c1. The van der Waals surface area contributed by atoms with Crippen molar-refractivity contribution in [1.82, 2.24) is 30.2 Å². The van der Waals surface area contributed by atoms with E-state index in [9.17, 15) is 38.2 Å². The Kier molecular flexibility index (Phi) is 19.8. The highest BCUT2D eigenvalue weighted by molar-refractivity contribution is 6.35. The molecule has 0 bridgehead atoms. The van der Waals surface area contributed by atoms with E-state index < -0.39 is 29.9 Å². The molecule has 1 unspecified atom stereocenters. The third-order valence-corrected chi connectivity index (χ3v) is 16.4. The molecule has 430 valence electrons. The molecule has 0 radical (unpaired) electrons. The molecule has 2 aromatic heterocycles. The van der Waals surface area contributed by atoms with E-state index in [0.717, 1.165) is 115 Å². The summed E-state index contributed by atoms with van der Waals surface area (Å²) in [5.41, 5.74) is 8.31. The Bertz CT molecular complexity index is 3360. The van der Waals surface area contributed by atoms with Crippen molar-refractivity contribution in [2.45, 2.75) is 139 Å². The molecule has 1 saturated carbocycles. The highest BCUT2D eigenvalue weighted by Gasteiger charge is 2.36. The normalized spacial score (nSPS) is 16.9. The molecule has 3 aliphatic carbocycles. The predicted molar refractivity (Wildman–Crippen MR) is 309 cm³/mol. The molecule has 3 aliphatic rings. The first-order valence-electron chi connectivity index (χ1n) is 28.2. The van der Waals surface area contributed by atoms with E-state index in [0.29, 0.717) is 40.7 Å². The summed E-state index contributed by atoms with van der Waals surface area (Å²) < 4.78 is 41.5. The van der Waals surface area contributed by atoms with Crippen LogP contribution in [-0.2, 0) is 57.6 Å². The molecular weight excluding hydrogens is 1090 g/mol. The summed E-state index contributed by atoms with van der Waals surface area (Å²) in [6.45, 7) is 0. The number of halogens is 4. The maximum Gasteiger partial charge on any atom is 0.328 e. The number of carbonyl (C=O) groups excluding carboxylic acids is 4. The molecule has 2 amide bonds. The molecule has 10 rings (SSSR count). The number of aromatic hydroxyl groups is 2. The zero-order valence-corrected chi connectivity index (χ0v) is 47.5. The van der Waals surface area contributed by atoms with Crippen molar-refractivity contribution in [3.05, 3.63) is 193 Å². The lowest BCUT2D eigenvalue weighted by molar-refractivity contribution is -0.143. The van der Waals surface area contributed by atoms with Crippen molar-refractivity contribution in [2.75, 3.05) is 14.2 Å². The van der Waals surface area contributed by atoms with Crippen LogP contribution in [-0.4, -0.2) is 79.8 Å². The van der Waals surface area contributed by atoms with Gasteiger partial charge in [-0.2, -0.15) is 10.2 Å². The number of aromatic nitrogens is 4. The number of hydrogen-bond donors (Lipinski definition) is 4. The number of carbonyl (C=O) groups is 4. The Morgan fingerprint density at radius 1 is 0.585 bits per heavy atom. The molecule has 2 heterocycles. The van der Waals surface area contributed by atoms with Crippen molar-refractivity contribution in [2.24, 2.45) is 0 Å². The number of amides is 2. The summed E-state index contributed by atoms with van der Waals surface area (Å²) in [7, 11) is 2.57. The summed E-state index contributed by atoms with van der Waals surface area (Å²) in [6.07, 6.45) is 14.1. The second-order valence-electron chi connectivity index (χ2n) is 21.6. The first kappa shape index (κ1) is 59.1. The van der Waals surface area contributed by atoms with E-state index in [1.54, 1.807) is 83.5 Å². The van der Waals surface area contributed by atoms with Crippen LogP contribution >= 0.6 is 23.2 Å². The van der Waals surface area contributed by atoms with Crippen LogP contribution in [0, 0.1) is 11.6 Å². The number of phenols is 2. The van der Waals surface area contributed by atoms with Gasteiger partial charge in [-0.25, -0.2) is 23.1 Å². The van der Waals surface area contributed by atoms with E-state index >= 15 is 0 Å². The standard InChI is InChI=1S/C32H30Cl2FN3O4.C32H38FN3O4/c1-42-32(41)27(17-20-8-13-24(39)14-9-20)36-31(40)29-25-5-3-2-4-21(16-19-6-11-23(35)12-7-19)30(25)38(37-29)28-15-10-22(33)18-26(28)34;1-40-32(39)28(20-21-14-16-26(37)17-15-21)34-31(38)29-27-13-6-5-9-23(18-22-8-7-10-24(33)19-22)30(27)36(35-29)25-11-3-2-4-12-25/h6-15,18,21,27,39H,2-5,16-17H2,1H3,(H,36,40);7-8,10,14-17,19,23,25,28,37H,2-6,9,11-13,18,20H2,1H3,(H,34,38)/t21-,27+;23?,28-/m01/s1. The van der Waals surface area contributed by atoms with Crippen LogP contribution in [0.3, 0.4) is 0 Å². The van der Waals surface area contributed by atoms with Gasteiger partial charge in [-0.05, 0) is 153 Å². The first-order chi connectivity index (χ1) is 39.7. The fraction of sp³-hybridized carbons (Fsp3) is 0.375. The van der Waals surface area contributed by atoms with E-state index in [4.69, 9.17) is 42.9 Å². The summed E-state index contributed by atoms with van der Waals surface area (Å²) in [5, 5.41) is 35.6. The van der Waals surface area contributed by atoms with E-state index in [2.05, 4.69) is 15.3 Å². The Morgan fingerprint density at radius 3 is 1.65 bits per heavy atom. The van der Waals surface area contributed by atoms with Crippen molar-refractivity contribution in [3.63, 3.8) is 0 Å². The molecule has 18 heteroatoms. The van der Waals surface area contributed by atoms with Crippen LogP contribution in [0.1, 0.15) is 154 Å². The number of nitrogens with zero attached hydrogens (tertiary/aromatic N) is 4. The van der Waals surface area contributed by atoms with Gasteiger partial charge in [-0.15, -0.1) is 0 Å². The Labute approximate surface area is 486 Å². The molecule has 4 N–H and O–H groups in total. The number of phenolic OH excluding ortho intramolecular Hbond substituents is 2. The first-order valence-corrected chi connectivity index (χ1v) is 28.9. The van der Waals surface area contributed by atoms with Gasteiger partial charge in [0.25, 0.3) is 11.8 Å². The highest BCUT2D eigenvalue weighted by atomic mass is 35.5. The zero-order valence-electron chi connectivity index (χ0n) is 46.0. The minimum Gasteiger partial charge on any atom is -0.508 e. The van der Waals surface area contributed by atoms with Crippen LogP contribution < -0.4 is 10.6 Å². The van der Waals surface area contributed by atoms with Gasteiger partial charge in [0.1, 0.15) is 35.2 Å². The molecule has 1 fully saturated rings. The third kappa shape index (κ3) is 14.5. The largest absolute Gasteiger partial charge is 0.508 e. The molecule has 82 heavy (non-hydrogen) atoms. The molecule has 0 aliphatic heterocycles. The Balaban J connectivity index is 0.000000198. The van der Waals surface area contributed by atoms with Gasteiger partial charge in [0.15, 0.2) is 11.4 Å². The van der Waals surface area contributed by atoms with Crippen molar-refractivity contribution < 1.29 is 47.6 Å². The fourth-order valence-electron chi connectivity index (χ4n) is 11.9. The molecule has 0 saturated heterocycles. The number of ether oxygens (including phenoxy) is 2. The van der Waals surface area contributed by atoms with Crippen LogP contribution in [0.5, 0.6) is 11.5 Å². The van der Waals surface area contributed by atoms with Gasteiger partial charge in [0.2, 0.25) is 0 Å². The summed E-state index contributed by atoms with van der Waals surface area (Å²) in [5.74, 6) is -2.24. The lowest BCUT2D eigenvalue weighted by atomic mass is 9.89. The number of methoxy groups -OCH3 is 2. The van der Waals surface area contributed by atoms with Crippen molar-refractivity contribution >= 4 is 47.0 Å². The van der Waals surface area contributed by atoms with Crippen molar-refractivity contribution in [1.29, 1.82) is 0 Å². The maximum atomic E-state index is 14.0. The number of hydrogen-bond acceptors (Lipinski definition) is 10. The molecule has 7 aromatic rings. The van der Waals surface area contributed by atoms with Gasteiger partial charge in [0, 0.05) is 46.5 Å². The third-order valence-electron chi connectivity index (χ3n) is 15.9. The molecule has 0 spiro atoms. The Hall–Kier alpha value is -7.56. The van der Waals surface area contributed by atoms with E-state index in [1.807, 2.05) is 6.07 Å². The Morgan fingerprint density at radius 2 is 1.10 bits per heavy atom. The number of nitrogens with one attached hydrogen (secondary N) is 2. The molecular formula is C64H68Cl2F2N6O8. The quantitative estimate of drug-likeness (QED) is 0.0536. The van der Waals surface area contributed by atoms with Crippen LogP contribution in [0.15, 0.2) is 115 Å². The summed E-state index contributed by atoms with van der Waals surface area (Å²) in [6, 6.07) is 29.6. The van der Waals surface area contributed by atoms with Gasteiger partial charge >= 0.3 is 11.9 Å². The number of esters is 2. The van der Waals surface area contributed by atoms with E-state index in [1.165, 1.54) is 51.0 Å². The van der Waals surface area contributed by atoms with Crippen LogP contribution in [0.4, 0.5) is 8.78 Å². The van der Waals surface area contributed by atoms with E-state index in [-0.39, 0.29) is 65.5 Å². The predicted octanol–water partition coefficient (Wildman–Crippen LogP) is 12.4. The maximum absolute atomic E-state index is 14.0. The smallest absolute Gasteiger partial charge is 0.328 e. The monoisotopic (exact) mass is 1160 g/mol. The molecule has 5 aromatic carbocycles. The van der Waals surface area contributed by atoms with Gasteiger partial charge in [-0.1, -0.05) is 104 Å². The minimum absolute atomic E-state index is 0.0258.